The summed E-state index contributed by atoms with van der Waals surface area (Å²) in [6.45, 7) is 2.38. The second kappa shape index (κ2) is 6.74. The van der Waals surface area contributed by atoms with Crippen LogP contribution in [0.5, 0.6) is 0 Å². The van der Waals surface area contributed by atoms with Crippen LogP contribution < -0.4 is 10.4 Å². The number of hydrogen-bond acceptors (Lipinski definition) is 0. The molecule has 2 aromatic rings. The molecule has 0 aliphatic carbocycles. The topological polar surface area (TPSA) is 0 Å². The average Bonchev–Trinajstić information content (AvgIpc) is 2.42. The van der Waals surface area contributed by atoms with Gasteiger partial charge in [-0.2, -0.15) is 0 Å². The normalized spacial score (nSPS) is 12.1. The molecule has 0 aromatic heterocycles. The standard InChI is InChI=1S/C14H20Si3/c1-2-15-16-17(13-9-5-3-6-10-13)14-11-7-4-8-12-14/h3-12,17H,2,15-16H2,1H3. The fourth-order valence-electron chi connectivity index (χ4n) is 2.30. The molecular formula is C14H20Si3. The van der Waals surface area contributed by atoms with E-state index in [1.165, 1.54) is 6.04 Å². The Morgan fingerprint density at radius 2 is 1.29 bits per heavy atom. The zero-order valence-corrected chi connectivity index (χ0v) is 14.5. The van der Waals surface area contributed by atoms with Crippen LogP contribution in [0.2, 0.25) is 6.04 Å². The Hall–Kier alpha value is -0.909. The molecule has 0 aliphatic rings. The van der Waals surface area contributed by atoms with E-state index in [0.29, 0.717) is 0 Å². The van der Waals surface area contributed by atoms with Crippen molar-refractivity contribution in [3.05, 3.63) is 60.7 Å². The quantitative estimate of drug-likeness (QED) is 0.683. The molecule has 2 rings (SSSR count). The van der Waals surface area contributed by atoms with Gasteiger partial charge in [0.05, 0.1) is 8.31 Å². The zero-order chi connectivity index (χ0) is 11.9. The van der Waals surface area contributed by atoms with E-state index in [9.17, 15) is 0 Å². The van der Waals surface area contributed by atoms with Gasteiger partial charge in [0.1, 0.15) is 0 Å². The molecular weight excluding hydrogens is 252 g/mol. The van der Waals surface area contributed by atoms with E-state index in [1.54, 1.807) is 10.4 Å². The smallest absolute Gasteiger partial charge is 0.0685 e. The largest absolute Gasteiger partial charge is 0.0860 e. The van der Waals surface area contributed by atoms with Crippen LogP contribution in [-0.4, -0.2) is 25.9 Å². The predicted octanol–water partition coefficient (Wildman–Crippen LogP) is 0.215. The first kappa shape index (κ1) is 12.5. The molecule has 0 fully saturated rings. The first-order chi connectivity index (χ1) is 8.42. The van der Waals surface area contributed by atoms with E-state index in [0.717, 1.165) is 0 Å². The summed E-state index contributed by atoms with van der Waals surface area (Å²) in [4.78, 5) is 0. The van der Waals surface area contributed by atoms with Crippen molar-refractivity contribution in [1.82, 2.24) is 0 Å². The Labute approximate surface area is 110 Å². The molecule has 0 aliphatic heterocycles. The second-order valence-electron chi connectivity index (χ2n) is 4.52. The molecule has 17 heavy (non-hydrogen) atoms. The summed E-state index contributed by atoms with van der Waals surface area (Å²) in [6.07, 6.45) is 0. The van der Waals surface area contributed by atoms with Crippen molar-refractivity contribution >= 4 is 36.3 Å². The van der Waals surface area contributed by atoms with E-state index in [2.05, 4.69) is 67.6 Å². The average molecular weight is 273 g/mol. The lowest BCUT2D eigenvalue weighted by Gasteiger charge is -2.15. The van der Waals surface area contributed by atoms with Crippen LogP contribution in [0, 0.1) is 0 Å². The highest BCUT2D eigenvalue weighted by molar-refractivity contribution is 7.43. The number of benzene rings is 2. The van der Waals surface area contributed by atoms with Crippen molar-refractivity contribution in [2.45, 2.75) is 13.0 Å². The maximum atomic E-state index is 2.38. The molecule has 0 bridgehead atoms. The molecule has 2 aromatic carbocycles. The number of rotatable bonds is 5. The molecule has 0 nitrogen and oxygen atoms in total. The summed E-state index contributed by atoms with van der Waals surface area (Å²) in [7, 11) is -0.274. The predicted molar refractivity (Wildman–Crippen MR) is 86.9 cm³/mol. The summed E-state index contributed by atoms with van der Waals surface area (Å²) in [5.41, 5.74) is 0. The van der Waals surface area contributed by atoms with Crippen molar-refractivity contribution in [1.29, 1.82) is 0 Å². The van der Waals surface area contributed by atoms with Gasteiger partial charge in [-0.05, 0) is 0 Å². The molecule has 0 unspecified atom stereocenters. The maximum absolute atomic E-state index is 2.38. The second-order valence-corrected chi connectivity index (χ2v) is 20.7. The minimum absolute atomic E-state index is 0.206. The fourth-order valence-corrected chi connectivity index (χ4v) is 25.0. The molecule has 0 saturated heterocycles. The molecule has 3 heteroatoms. The Kier molecular flexibility index (Phi) is 4.97. The van der Waals surface area contributed by atoms with Gasteiger partial charge in [-0.1, -0.05) is 84.0 Å². The molecule has 88 valence electrons. The highest BCUT2D eigenvalue weighted by Gasteiger charge is 2.15. The molecule has 0 N–H and O–H groups in total. The summed E-state index contributed by atoms with van der Waals surface area (Å²) < 4.78 is 0. The third-order valence-electron chi connectivity index (χ3n) is 3.25. The van der Waals surface area contributed by atoms with Gasteiger partial charge in [0.15, 0.2) is 0 Å². The van der Waals surface area contributed by atoms with Gasteiger partial charge in [-0.15, -0.1) is 0 Å². The third-order valence-corrected chi connectivity index (χ3v) is 24.1. The van der Waals surface area contributed by atoms with Crippen molar-refractivity contribution < 1.29 is 0 Å². The van der Waals surface area contributed by atoms with E-state index >= 15 is 0 Å². The third kappa shape index (κ3) is 3.52. The van der Waals surface area contributed by atoms with E-state index in [1.807, 2.05) is 0 Å². The van der Waals surface area contributed by atoms with Crippen molar-refractivity contribution in [2.75, 3.05) is 0 Å². The van der Waals surface area contributed by atoms with Gasteiger partial charge >= 0.3 is 0 Å². The van der Waals surface area contributed by atoms with Gasteiger partial charge in [0.2, 0.25) is 0 Å². The van der Waals surface area contributed by atoms with Gasteiger partial charge in [0, 0.05) is 17.6 Å². The van der Waals surface area contributed by atoms with E-state index < -0.39 is 8.31 Å². The van der Waals surface area contributed by atoms with Crippen LogP contribution in [-0.2, 0) is 0 Å². The Morgan fingerprint density at radius 3 is 1.71 bits per heavy atom. The van der Waals surface area contributed by atoms with Crippen LogP contribution in [0.3, 0.4) is 0 Å². The summed E-state index contributed by atoms with van der Waals surface area (Å²) >= 11 is 0. The summed E-state index contributed by atoms with van der Waals surface area (Å²) in [6, 6.07) is 24.1. The Bertz CT molecular complexity index is 388. The molecule has 0 saturated carbocycles. The first-order valence-corrected chi connectivity index (χ1v) is 15.9. The zero-order valence-electron chi connectivity index (χ0n) is 10.5. The molecule has 0 spiro atoms. The SMILES string of the molecule is CC[SiH2][SiH2][SiH](c1ccccc1)c1ccccc1. The molecule has 0 amide bonds. The van der Waals surface area contributed by atoms with Gasteiger partial charge in [-0.25, -0.2) is 0 Å². The van der Waals surface area contributed by atoms with Crippen molar-refractivity contribution in [3.63, 3.8) is 0 Å². The number of hydrogen-bond donors (Lipinski definition) is 0. The van der Waals surface area contributed by atoms with E-state index in [-0.39, 0.29) is 17.6 Å². The minimum Gasteiger partial charge on any atom is -0.0685 e. The first-order valence-electron chi connectivity index (χ1n) is 6.51. The van der Waals surface area contributed by atoms with E-state index in [4.69, 9.17) is 0 Å². The Balaban J connectivity index is 2.26. The molecule has 0 radical (unpaired) electrons. The van der Waals surface area contributed by atoms with Crippen molar-refractivity contribution in [3.8, 4) is 0 Å². The maximum Gasteiger partial charge on any atom is 0.0860 e. The monoisotopic (exact) mass is 272 g/mol. The lowest BCUT2D eigenvalue weighted by molar-refractivity contribution is 1.47. The van der Waals surface area contributed by atoms with Crippen molar-refractivity contribution in [2.24, 2.45) is 0 Å². The van der Waals surface area contributed by atoms with Gasteiger partial charge in [-0.3, -0.25) is 0 Å². The fraction of sp³-hybridized carbons (Fsp3) is 0.143. The van der Waals surface area contributed by atoms with Crippen LogP contribution in [0.4, 0.5) is 0 Å². The Morgan fingerprint density at radius 1 is 0.824 bits per heavy atom. The highest BCUT2D eigenvalue weighted by atomic mass is 29.5. The minimum atomic E-state index is -0.767. The van der Waals surface area contributed by atoms with Crippen LogP contribution in [0.1, 0.15) is 6.92 Å². The van der Waals surface area contributed by atoms with Gasteiger partial charge in [0.25, 0.3) is 0 Å². The van der Waals surface area contributed by atoms with Crippen LogP contribution >= 0.6 is 0 Å². The summed E-state index contributed by atoms with van der Waals surface area (Å²) in [5, 5.41) is 3.35. The highest BCUT2D eigenvalue weighted by Crippen LogP contribution is 1.92. The molecule has 0 atom stereocenters. The van der Waals surface area contributed by atoms with Gasteiger partial charge < -0.3 is 0 Å². The lowest BCUT2D eigenvalue weighted by Crippen LogP contribution is -2.49. The van der Waals surface area contributed by atoms with Crippen LogP contribution in [0.15, 0.2) is 60.7 Å². The summed E-state index contributed by atoms with van der Waals surface area (Å²) in [5.74, 6) is 0. The lowest BCUT2D eigenvalue weighted by atomic mass is 10.4. The molecule has 0 heterocycles. The van der Waals surface area contributed by atoms with Crippen LogP contribution in [0.25, 0.3) is 0 Å².